The number of rotatable bonds is 6. The first kappa shape index (κ1) is 15.0. The summed E-state index contributed by atoms with van der Waals surface area (Å²) < 4.78 is 5.66. The molecule has 0 spiro atoms. The number of nitrogens with two attached hydrogens (primary N) is 1. The van der Waals surface area contributed by atoms with Gasteiger partial charge in [-0.15, -0.1) is 0 Å². The van der Waals surface area contributed by atoms with Gasteiger partial charge in [0.1, 0.15) is 12.1 Å². The van der Waals surface area contributed by atoms with Gasteiger partial charge < -0.3 is 15.4 Å². The van der Waals surface area contributed by atoms with Crippen molar-refractivity contribution >= 4 is 5.82 Å². The quantitative estimate of drug-likeness (QED) is 0.865. The molecule has 1 heterocycles. The summed E-state index contributed by atoms with van der Waals surface area (Å²) in [6.07, 6.45) is 8.10. The predicted octanol–water partition coefficient (Wildman–Crippen LogP) is 2.36. The highest BCUT2D eigenvalue weighted by atomic mass is 16.5. The Morgan fingerprint density at radius 2 is 2.05 bits per heavy atom. The SMILES string of the molecule is CC(C)Oc1cc(N(CCN)C2CCCCC2)ncn1. The van der Waals surface area contributed by atoms with Crippen LogP contribution in [0.1, 0.15) is 46.0 Å². The van der Waals surface area contributed by atoms with E-state index in [-0.39, 0.29) is 6.10 Å². The first-order chi connectivity index (χ1) is 9.70. The Hall–Kier alpha value is -1.36. The molecule has 0 radical (unpaired) electrons. The number of aromatic nitrogens is 2. The normalized spacial score (nSPS) is 16.4. The van der Waals surface area contributed by atoms with E-state index in [1.54, 1.807) is 6.33 Å². The zero-order valence-electron chi connectivity index (χ0n) is 12.6. The zero-order valence-corrected chi connectivity index (χ0v) is 12.6. The van der Waals surface area contributed by atoms with Crippen LogP contribution < -0.4 is 15.4 Å². The minimum Gasteiger partial charge on any atom is -0.475 e. The molecule has 1 fully saturated rings. The van der Waals surface area contributed by atoms with Crippen LogP contribution in [0.5, 0.6) is 5.88 Å². The van der Waals surface area contributed by atoms with E-state index in [4.69, 9.17) is 10.5 Å². The third-order valence-corrected chi connectivity index (χ3v) is 3.66. The van der Waals surface area contributed by atoms with Crippen molar-refractivity contribution in [3.05, 3.63) is 12.4 Å². The molecular weight excluding hydrogens is 252 g/mol. The van der Waals surface area contributed by atoms with E-state index in [2.05, 4.69) is 14.9 Å². The number of hydrogen-bond donors (Lipinski definition) is 1. The van der Waals surface area contributed by atoms with Crippen molar-refractivity contribution in [3.8, 4) is 5.88 Å². The Morgan fingerprint density at radius 1 is 1.30 bits per heavy atom. The van der Waals surface area contributed by atoms with Crippen molar-refractivity contribution in [1.82, 2.24) is 9.97 Å². The lowest BCUT2D eigenvalue weighted by Crippen LogP contribution is -2.40. The van der Waals surface area contributed by atoms with Crippen LogP contribution in [0, 0.1) is 0 Å². The third kappa shape index (κ3) is 4.07. The Balaban J connectivity index is 2.15. The molecule has 1 saturated carbocycles. The molecular formula is C15H26N4O. The van der Waals surface area contributed by atoms with E-state index in [1.807, 2.05) is 19.9 Å². The summed E-state index contributed by atoms with van der Waals surface area (Å²) in [7, 11) is 0. The van der Waals surface area contributed by atoms with Crippen molar-refractivity contribution < 1.29 is 4.74 Å². The fourth-order valence-corrected chi connectivity index (χ4v) is 2.81. The van der Waals surface area contributed by atoms with Gasteiger partial charge in [-0.25, -0.2) is 9.97 Å². The Kier molecular flexibility index (Phi) is 5.59. The molecule has 1 aliphatic carbocycles. The highest BCUT2D eigenvalue weighted by molar-refractivity contribution is 5.42. The van der Waals surface area contributed by atoms with Crippen LogP contribution in [0.4, 0.5) is 5.82 Å². The van der Waals surface area contributed by atoms with E-state index in [9.17, 15) is 0 Å². The lowest BCUT2D eigenvalue weighted by atomic mass is 9.94. The van der Waals surface area contributed by atoms with E-state index in [0.717, 1.165) is 12.4 Å². The van der Waals surface area contributed by atoms with Crippen molar-refractivity contribution in [1.29, 1.82) is 0 Å². The fourth-order valence-electron chi connectivity index (χ4n) is 2.81. The maximum absolute atomic E-state index is 5.78. The second-order valence-corrected chi connectivity index (χ2v) is 5.65. The zero-order chi connectivity index (χ0) is 14.4. The molecule has 1 aromatic rings. The monoisotopic (exact) mass is 278 g/mol. The molecule has 2 rings (SSSR count). The van der Waals surface area contributed by atoms with Gasteiger partial charge in [0.2, 0.25) is 5.88 Å². The number of hydrogen-bond acceptors (Lipinski definition) is 5. The molecule has 5 heteroatoms. The standard InChI is InChI=1S/C15H26N4O/c1-12(2)20-15-10-14(17-11-18-15)19(9-8-16)13-6-4-3-5-7-13/h10-13H,3-9,16H2,1-2H3. The van der Waals surface area contributed by atoms with E-state index in [0.29, 0.717) is 18.5 Å². The van der Waals surface area contributed by atoms with Crippen molar-refractivity contribution in [3.63, 3.8) is 0 Å². The molecule has 5 nitrogen and oxygen atoms in total. The van der Waals surface area contributed by atoms with Gasteiger partial charge >= 0.3 is 0 Å². The summed E-state index contributed by atoms with van der Waals surface area (Å²) in [5.41, 5.74) is 5.78. The lowest BCUT2D eigenvalue weighted by Gasteiger charge is -2.35. The third-order valence-electron chi connectivity index (χ3n) is 3.66. The van der Waals surface area contributed by atoms with Crippen LogP contribution in [-0.4, -0.2) is 35.2 Å². The molecule has 1 aromatic heterocycles. The van der Waals surface area contributed by atoms with Gasteiger partial charge in [0.05, 0.1) is 6.10 Å². The van der Waals surface area contributed by atoms with Crippen LogP contribution in [0.15, 0.2) is 12.4 Å². The molecule has 112 valence electrons. The van der Waals surface area contributed by atoms with Gasteiger partial charge in [0.15, 0.2) is 0 Å². The lowest BCUT2D eigenvalue weighted by molar-refractivity contribution is 0.232. The summed E-state index contributed by atoms with van der Waals surface area (Å²) in [4.78, 5) is 10.9. The number of ether oxygens (including phenoxy) is 1. The maximum Gasteiger partial charge on any atom is 0.218 e. The largest absolute Gasteiger partial charge is 0.475 e. The maximum atomic E-state index is 5.78. The average Bonchev–Trinajstić information content (AvgIpc) is 2.45. The Labute approximate surface area is 121 Å². The van der Waals surface area contributed by atoms with Crippen LogP contribution in [0.25, 0.3) is 0 Å². The molecule has 20 heavy (non-hydrogen) atoms. The summed E-state index contributed by atoms with van der Waals surface area (Å²) >= 11 is 0. The highest BCUT2D eigenvalue weighted by Crippen LogP contribution is 2.27. The Bertz CT molecular complexity index is 405. The van der Waals surface area contributed by atoms with Gasteiger partial charge in [-0.1, -0.05) is 19.3 Å². The van der Waals surface area contributed by atoms with Crippen LogP contribution in [0.3, 0.4) is 0 Å². The van der Waals surface area contributed by atoms with E-state index in [1.165, 1.54) is 32.1 Å². The average molecular weight is 278 g/mol. The van der Waals surface area contributed by atoms with Crippen molar-refractivity contribution in [2.24, 2.45) is 5.73 Å². The van der Waals surface area contributed by atoms with E-state index >= 15 is 0 Å². The molecule has 0 aromatic carbocycles. The molecule has 0 aliphatic heterocycles. The minimum absolute atomic E-state index is 0.121. The Morgan fingerprint density at radius 3 is 2.70 bits per heavy atom. The molecule has 0 saturated heterocycles. The molecule has 0 unspecified atom stereocenters. The van der Waals surface area contributed by atoms with E-state index < -0.39 is 0 Å². The second-order valence-electron chi connectivity index (χ2n) is 5.65. The van der Waals surface area contributed by atoms with Gasteiger partial charge in [0.25, 0.3) is 0 Å². The summed E-state index contributed by atoms with van der Waals surface area (Å²) in [5.74, 6) is 1.58. The van der Waals surface area contributed by atoms with Crippen molar-refractivity contribution in [2.75, 3.05) is 18.0 Å². The van der Waals surface area contributed by atoms with Crippen molar-refractivity contribution in [2.45, 2.75) is 58.1 Å². The van der Waals surface area contributed by atoms with Gasteiger partial charge in [-0.2, -0.15) is 0 Å². The summed E-state index contributed by atoms with van der Waals surface area (Å²) in [6, 6.07) is 2.48. The second kappa shape index (κ2) is 7.43. The van der Waals surface area contributed by atoms with Gasteiger partial charge in [-0.05, 0) is 26.7 Å². The molecule has 1 aliphatic rings. The smallest absolute Gasteiger partial charge is 0.218 e. The fraction of sp³-hybridized carbons (Fsp3) is 0.733. The van der Waals surface area contributed by atoms with Crippen LogP contribution in [-0.2, 0) is 0 Å². The first-order valence-electron chi connectivity index (χ1n) is 7.66. The number of anilines is 1. The van der Waals surface area contributed by atoms with Crippen LogP contribution >= 0.6 is 0 Å². The first-order valence-corrected chi connectivity index (χ1v) is 7.66. The van der Waals surface area contributed by atoms with Gasteiger partial charge in [-0.3, -0.25) is 0 Å². The number of nitrogens with zero attached hydrogens (tertiary/aromatic N) is 3. The summed E-state index contributed by atoms with van der Waals surface area (Å²) in [6.45, 7) is 5.48. The summed E-state index contributed by atoms with van der Waals surface area (Å²) in [5, 5.41) is 0. The highest BCUT2D eigenvalue weighted by Gasteiger charge is 2.22. The molecule has 0 amide bonds. The molecule has 0 bridgehead atoms. The topological polar surface area (TPSA) is 64.3 Å². The molecule has 2 N–H and O–H groups in total. The molecule has 0 atom stereocenters. The minimum atomic E-state index is 0.121. The predicted molar refractivity (Wildman–Crippen MR) is 81.1 cm³/mol. The van der Waals surface area contributed by atoms with Gasteiger partial charge in [0, 0.05) is 25.2 Å². The van der Waals surface area contributed by atoms with Crippen LogP contribution in [0.2, 0.25) is 0 Å².